The van der Waals surface area contributed by atoms with Gasteiger partial charge in [-0.25, -0.2) is 0 Å². The van der Waals surface area contributed by atoms with Crippen molar-refractivity contribution in [2.24, 2.45) is 7.05 Å². The van der Waals surface area contributed by atoms with Gasteiger partial charge in [-0.1, -0.05) is 43.6 Å². The number of nitrogens with one attached hydrogen (secondary N) is 1. The molecule has 1 aromatic heterocycles. The maximum Gasteiger partial charge on any atom is 0.272 e. The van der Waals surface area contributed by atoms with Crippen LogP contribution in [0.2, 0.25) is 5.02 Å². The Morgan fingerprint density at radius 1 is 1.36 bits per heavy atom. The van der Waals surface area contributed by atoms with Gasteiger partial charge in [0.25, 0.3) is 5.91 Å². The fourth-order valence-corrected chi connectivity index (χ4v) is 3.35. The number of amides is 1. The molecule has 1 fully saturated rings. The van der Waals surface area contributed by atoms with Crippen molar-refractivity contribution in [3.8, 4) is 0 Å². The maximum absolute atomic E-state index is 13.1. The third-order valence-electron chi connectivity index (χ3n) is 4.48. The second-order valence-electron chi connectivity index (χ2n) is 6.47. The number of carbonyl (C=O) groups excluding carboxylic acids is 1. The van der Waals surface area contributed by atoms with Gasteiger partial charge in [0.05, 0.1) is 11.7 Å². The van der Waals surface area contributed by atoms with Gasteiger partial charge >= 0.3 is 0 Å². The van der Waals surface area contributed by atoms with Gasteiger partial charge in [-0.3, -0.25) is 9.48 Å². The van der Waals surface area contributed by atoms with E-state index in [1.54, 1.807) is 4.68 Å². The van der Waals surface area contributed by atoms with E-state index in [1.165, 1.54) is 0 Å². The molecule has 1 aromatic carbocycles. The summed E-state index contributed by atoms with van der Waals surface area (Å²) in [5, 5.41) is 8.52. The molecule has 3 rings (SSSR count). The summed E-state index contributed by atoms with van der Waals surface area (Å²) in [5.74, 6) is 0.295. The van der Waals surface area contributed by atoms with Crippen LogP contribution in [0.5, 0.6) is 0 Å². The highest BCUT2D eigenvalue weighted by atomic mass is 35.5. The van der Waals surface area contributed by atoms with Crippen LogP contribution in [0.25, 0.3) is 0 Å². The minimum atomic E-state index is -0.0719. The average molecular weight is 383 g/mol. The van der Waals surface area contributed by atoms with Gasteiger partial charge in [0.2, 0.25) is 0 Å². The van der Waals surface area contributed by atoms with Crippen molar-refractivity contribution in [1.82, 2.24) is 20.0 Å². The van der Waals surface area contributed by atoms with Crippen LogP contribution >= 0.6 is 24.0 Å². The normalized spacial score (nSPS) is 17.5. The number of hydrogen-bond donors (Lipinski definition) is 1. The number of halogens is 2. The summed E-state index contributed by atoms with van der Waals surface area (Å²) >= 11 is 6.37. The summed E-state index contributed by atoms with van der Waals surface area (Å²) in [7, 11) is 1.83. The molecule has 1 aliphatic heterocycles. The minimum Gasteiger partial charge on any atom is -0.328 e. The third kappa shape index (κ3) is 4.00. The van der Waals surface area contributed by atoms with Gasteiger partial charge in [0.1, 0.15) is 5.69 Å². The van der Waals surface area contributed by atoms with E-state index in [0.29, 0.717) is 29.7 Å². The van der Waals surface area contributed by atoms with Crippen molar-refractivity contribution < 1.29 is 4.79 Å². The average Bonchev–Trinajstić information content (AvgIpc) is 2.97. The minimum absolute atomic E-state index is 0. The van der Waals surface area contributed by atoms with Crippen LogP contribution in [0, 0.1) is 0 Å². The summed E-state index contributed by atoms with van der Waals surface area (Å²) in [6.07, 6.45) is 0. The maximum atomic E-state index is 13.1. The molecule has 7 heteroatoms. The largest absolute Gasteiger partial charge is 0.328 e. The zero-order chi connectivity index (χ0) is 17.3. The van der Waals surface area contributed by atoms with Crippen molar-refractivity contribution in [1.29, 1.82) is 0 Å². The second-order valence-corrected chi connectivity index (χ2v) is 6.88. The molecule has 1 atom stereocenters. The van der Waals surface area contributed by atoms with Crippen LogP contribution in [0.4, 0.5) is 0 Å². The Bertz CT molecular complexity index is 744. The molecule has 1 aliphatic rings. The van der Waals surface area contributed by atoms with Crippen LogP contribution in [-0.4, -0.2) is 40.2 Å². The van der Waals surface area contributed by atoms with Crippen LogP contribution in [0.15, 0.2) is 30.3 Å². The van der Waals surface area contributed by atoms with Crippen LogP contribution < -0.4 is 5.32 Å². The fraction of sp³-hybridized carbons (Fsp3) is 0.444. The standard InChI is InChI=1S/C18H23ClN4O.ClH/c1-12(2)15-10-16(22(3)21-15)18(24)23-9-8-20-11-17(23)13-6-4-5-7-14(13)19;/h4-7,10,12,17,20H,8-9,11H2,1-3H3;1H. The van der Waals surface area contributed by atoms with Gasteiger partial charge in [0, 0.05) is 31.7 Å². The van der Waals surface area contributed by atoms with Crippen molar-refractivity contribution in [2.75, 3.05) is 19.6 Å². The van der Waals surface area contributed by atoms with Crippen molar-refractivity contribution >= 4 is 29.9 Å². The van der Waals surface area contributed by atoms with Crippen molar-refractivity contribution in [2.45, 2.75) is 25.8 Å². The highest BCUT2D eigenvalue weighted by molar-refractivity contribution is 6.31. The van der Waals surface area contributed by atoms with Gasteiger partial charge in [-0.05, 0) is 23.6 Å². The van der Waals surface area contributed by atoms with Gasteiger partial charge in [-0.15, -0.1) is 12.4 Å². The van der Waals surface area contributed by atoms with Crippen LogP contribution in [0.1, 0.15) is 47.6 Å². The molecule has 2 aromatic rings. The second kappa shape index (κ2) is 8.21. The Labute approximate surface area is 159 Å². The topological polar surface area (TPSA) is 50.2 Å². The molecule has 0 aliphatic carbocycles. The van der Waals surface area contributed by atoms with E-state index in [9.17, 15) is 4.79 Å². The van der Waals surface area contributed by atoms with E-state index in [-0.39, 0.29) is 24.4 Å². The Hall–Kier alpha value is -1.56. The van der Waals surface area contributed by atoms with Gasteiger partial charge in [0.15, 0.2) is 0 Å². The van der Waals surface area contributed by atoms with E-state index in [0.717, 1.165) is 17.8 Å². The van der Waals surface area contributed by atoms with E-state index in [1.807, 2.05) is 42.3 Å². The zero-order valence-corrected chi connectivity index (χ0v) is 16.3. The molecule has 2 heterocycles. The highest BCUT2D eigenvalue weighted by Gasteiger charge is 2.31. The predicted octanol–water partition coefficient (Wildman–Crippen LogP) is 3.41. The number of rotatable bonds is 3. The third-order valence-corrected chi connectivity index (χ3v) is 4.82. The Kier molecular flexibility index (Phi) is 6.49. The number of aryl methyl sites for hydroxylation is 1. The molecular weight excluding hydrogens is 359 g/mol. The lowest BCUT2D eigenvalue weighted by Gasteiger charge is -2.36. The van der Waals surface area contributed by atoms with E-state index in [4.69, 9.17) is 11.6 Å². The number of benzene rings is 1. The van der Waals surface area contributed by atoms with E-state index < -0.39 is 0 Å². The van der Waals surface area contributed by atoms with Gasteiger partial charge in [-0.2, -0.15) is 5.10 Å². The van der Waals surface area contributed by atoms with Crippen molar-refractivity contribution in [3.05, 3.63) is 52.3 Å². The van der Waals surface area contributed by atoms with E-state index >= 15 is 0 Å². The molecular formula is C18H24Cl2N4O. The number of piperazine rings is 1. The van der Waals surface area contributed by atoms with Crippen LogP contribution in [0.3, 0.4) is 0 Å². The quantitative estimate of drug-likeness (QED) is 0.884. The lowest BCUT2D eigenvalue weighted by Crippen LogP contribution is -2.49. The molecule has 1 unspecified atom stereocenters. The Morgan fingerprint density at radius 2 is 2.08 bits per heavy atom. The number of hydrogen-bond acceptors (Lipinski definition) is 3. The predicted molar refractivity (Wildman–Crippen MR) is 103 cm³/mol. The summed E-state index contributed by atoms with van der Waals surface area (Å²) in [6.45, 7) is 6.28. The fourth-order valence-electron chi connectivity index (χ4n) is 3.09. The van der Waals surface area contributed by atoms with Crippen molar-refractivity contribution in [3.63, 3.8) is 0 Å². The van der Waals surface area contributed by atoms with Gasteiger partial charge < -0.3 is 10.2 Å². The number of carbonyl (C=O) groups is 1. The zero-order valence-electron chi connectivity index (χ0n) is 14.7. The molecule has 1 amide bonds. The summed E-state index contributed by atoms with van der Waals surface area (Å²) in [6, 6.07) is 9.55. The van der Waals surface area contributed by atoms with Crippen LogP contribution in [-0.2, 0) is 7.05 Å². The molecule has 5 nitrogen and oxygen atoms in total. The first-order chi connectivity index (χ1) is 11.5. The molecule has 25 heavy (non-hydrogen) atoms. The summed E-state index contributed by atoms with van der Waals surface area (Å²) in [5.41, 5.74) is 2.54. The molecule has 0 spiro atoms. The lowest BCUT2D eigenvalue weighted by molar-refractivity contribution is 0.0623. The monoisotopic (exact) mass is 382 g/mol. The molecule has 0 saturated carbocycles. The first-order valence-electron chi connectivity index (χ1n) is 8.29. The summed E-state index contributed by atoms with van der Waals surface area (Å²) in [4.78, 5) is 15.0. The Balaban J connectivity index is 0.00000225. The lowest BCUT2D eigenvalue weighted by atomic mass is 10.0. The first kappa shape index (κ1) is 19.8. The molecule has 1 saturated heterocycles. The van der Waals surface area contributed by atoms with E-state index in [2.05, 4.69) is 24.3 Å². The first-order valence-corrected chi connectivity index (χ1v) is 8.67. The highest BCUT2D eigenvalue weighted by Crippen LogP contribution is 2.29. The molecule has 0 bridgehead atoms. The molecule has 0 radical (unpaired) electrons. The molecule has 1 N–H and O–H groups in total. The summed E-state index contributed by atoms with van der Waals surface area (Å²) < 4.78 is 1.68. The number of aromatic nitrogens is 2. The SMILES string of the molecule is CC(C)c1cc(C(=O)N2CCNCC2c2ccccc2Cl)n(C)n1.Cl. The Morgan fingerprint density at radius 3 is 2.72 bits per heavy atom. The number of nitrogens with zero attached hydrogens (tertiary/aromatic N) is 3. The smallest absolute Gasteiger partial charge is 0.272 e. The molecule has 136 valence electrons.